The van der Waals surface area contributed by atoms with Crippen LogP contribution in [0.25, 0.3) is 10.9 Å². The van der Waals surface area contributed by atoms with E-state index >= 15 is 0 Å². The summed E-state index contributed by atoms with van der Waals surface area (Å²) in [6, 6.07) is 3.86. The molecule has 2 aliphatic heterocycles. The monoisotopic (exact) mass is 414 g/mol. The van der Waals surface area contributed by atoms with Crippen molar-refractivity contribution in [2.24, 2.45) is 5.92 Å². The van der Waals surface area contributed by atoms with Crippen molar-refractivity contribution in [3.63, 3.8) is 0 Å². The topological polar surface area (TPSA) is 85.7 Å². The third-order valence-corrected chi connectivity index (χ3v) is 6.43. The van der Waals surface area contributed by atoms with Crippen molar-refractivity contribution >= 4 is 16.8 Å². The fraction of sp³-hybridized carbons (Fsp3) is 0.591. The van der Waals surface area contributed by atoms with E-state index < -0.39 is 0 Å². The van der Waals surface area contributed by atoms with Gasteiger partial charge in [0.25, 0.3) is 5.56 Å². The van der Waals surface area contributed by atoms with Crippen molar-refractivity contribution in [1.82, 2.24) is 19.8 Å². The van der Waals surface area contributed by atoms with Crippen LogP contribution in [0.5, 0.6) is 11.5 Å². The molecule has 2 fully saturated rings. The van der Waals surface area contributed by atoms with E-state index in [4.69, 9.17) is 9.47 Å². The van der Waals surface area contributed by atoms with E-state index in [0.717, 1.165) is 6.42 Å². The molecule has 0 radical (unpaired) electrons. The van der Waals surface area contributed by atoms with Crippen LogP contribution in [0.3, 0.4) is 0 Å². The molecule has 8 heteroatoms. The molecule has 1 N–H and O–H groups in total. The highest BCUT2D eigenvalue weighted by Crippen LogP contribution is 2.31. The number of hydrogen-bond acceptors (Lipinski definition) is 6. The average Bonchev–Trinajstić information content (AvgIpc) is 2.78. The van der Waals surface area contributed by atoms with Gasteiger partial charge in [-0.15, -0.1) is 0 Å². The van der Waals surface area contributed by atoms with Crippen molar-refractivity contribution in [2.45, 2.75) is 44.7 Å². The molecule has 0 aliphatic carbocycles. The van der Waals surface area contributed by atoms with Gasteiger partial charge in [-0.05, 0) is 50.8 Å². The lowest BCUT2D eigenvalue weighted by Crippen LogP contribution is -2.51. The Bertz CT molecular complexity index is 971. The van der Waals surface area contributed by atoms with E-state index in [2.05, 4.69) is 15.2 Å². The third kappa shape index (κ3) is 4.14. The first-order chi connectivity index (χ1) is 14.6. The standard InChI is InChI=1S/C22H30N4O4/c1-29-19-10-16-17(11-20(19)30-2)24-14-26(22(16)28)13-21(27)23-12-15-6-5-9-25-8-4-3-7-18(15)25/h10-11,14-15,18H,3-9,12-13H2,1-2H3,(H,23,27)/t15-,18?/m0/s1. The molecule has 1 unspecified atom stereocenters. The first-order valence-corrected chi connectivity index (χ1v) is 10.7. The summed E-state index contributed by atoms with van der Waals surface area (Å²) in [6.45, 7) is 2.99. The maximum atomic E-state index is 12.9. The van der Waals surface area contributed by atoms with Gasteiger partial charge in [-0.2, -0.15) is 0 Å². The molecule has 3 heterocycles. The predicted octanol–water partition coefficient (Wildman–Crippen LogP) is 1.79. The van der Waals surface area contributed by atoms with Crippen LogP contribution in [0.1, 0.15) is 32.1 Å². The third-order valence-electron chi connectivity index (χ3n) is 6.43. The highest BCUT2D eigenvalue weighted by atomic mass is 16.5. The predicted molar refractivity (Wildman–Crippen MR) is 114 cm³/mol. The van der Waals surface area contributed by atoms with Crippen molar-refractivity contribution in [1.29, 1.82) is 0 Å². The zero-order valence-electron chi connectivity index (χ0n) is 17.7. The van der Waals surface area contributed by atoms with Gasteiger partial charge < -0.3 is 19.7 Å². The lowest BCUT2D eigenvalue weighted by atomic mass is 9.83. The summed E-state index contributed by atoms with van der Waals surface area (Å²) in [5.74, 6) is 1.30. The molecule has 1 amide bonds. The van der Waals surface area contributed by atoms with Crippen LogP contribution in [0.4, 0.5) is 0 Å². The second kappa shape index (κ2) is 9.04. The number of hydrogen-bond donors (Lipinski definition) is 1. The Morgan fingerprint density at radius 1 is 1.13 bits per heavy atom. The van der Waals surface area contributed by atoms with Crippen molar-refractivity contribution in [2.75, 3.05) is 33.9 Å². The number of rotatable bonds is 6. The Labute approximate surface area is 176 Å². The minimum absolute atomic E-state index is 0.0444. The molecule has 0 bridgehead atoms. The summed E-state index contributed by atoms with van der Waals surface area (Å²) in [6.07, 6.45) is 7.54. The second-order valence-corrected chi connectivity index (χ2v) is 8.21. The maximum Gasteiger partial charge on any atom is 0.261 e. The van der Waals surface area contributed by atoms with E-state index in [1.54, 1.807) is 12.1 Å². The van der Waals surface area contributed by atoms with E-state index in [1.165, 1.54) is 63.9 Å². The fourth-order valence-corrected chi connectivity index (χ4v) is 4.87. The summed E-state index contributed by atoms with van der Waals surface area (Å²) >= 11 is 0. The molecule has 0 spiro atoms. The van der Waals surface area contributed by atoms with Crippen molar-refractivity contribution in [3.8, 4) is 11.5 Å². The molecule has 8 nitrogen and oxygen atoms in total. The minimum atomic E-state index is -0.271. The summed E-state index contributed by atoms with van der Waals surface area (Å²) in [4.78, 5) is 32.3. The van der Waals surface area contributed by atoms with Gasteiger partial charge in [0.1, 0.15) is 6.54 Å². The van der Waals surface area contributed by atoms with Gasteiger partial charge in [0.2, 0.25) is 5.91 Å². The average molecular weight is 415 g/mol. The Morgan fingerprint density at radius 2 is 1.90 bits per heavy atom. The number of carbonyl (C=O) groups is 1. The SMILES string of the molecule is COc1cc2ncn(CC(=O)NC[C@@H]3CCCN4CCCCC34)c(=O)c2cc1OC. The molecule has 2 saturated heterocycles. The van der Waals surface area contributed by atoms with Crippen LogP contribution >= 0.6 is 0 Å². The number of benzene rings is 1. The van der Waals surface area contributed by atoms with E-state index in [-0.39, 0.29) is 18.0 Å². The van der Waals surface area contributed by atoms with Gasteiger partial charge in [-0.1, -0.05) is 6.42 Å². The molecule has 2 aromatic rings. The van der Waals surface area contributed by atoms with Crippen molar-refractivity contribution in [3.05, 3.63) is 28.8 Å². The number of fused-ring (bicyclic) bond motifs is 2. The number of carbonyl (C=O) groups excluding carboxylic acids is 1. The Kier molecular flexibility index (Phi) is 6.22. The van der Waals surface area contributed by atoms with Crippen LogP contribution in [-0.2, 0) is 11.3 Å². The summed E-state index contributed by atoms with van der Waals surface area (Å²) in [5.41, 5.74) is 0.237. The van der Waals surface area contributed by atoms with Gasteiger partial charge in [0, 0.05) is 18.7 Å². The molecular weight excluding hydrogens is 384 g/mol. The molecule has 1 aromatic heterocycles. The van der Waals surface area contributed by atoms with Gasteiger partial charge in [0.15, 0.2) is 11.5 Å². The number of methoxy groups -OCH3 is 2. The lowest BCUT2D eigenvalue weighted by Gasteiger charge is -2.44. The molecular formula is C22H30N4O4. The molecule has 2 aliphatic rings. The van der Waals surface area contributed by atoms with E-state index in [1.807, 2.05) is 0 Å². The first-order valence-electron chi connectivity index (χ1n) is 10.7. The highest BCUT2D eigenvalue weighted by Gasteiger charge is 2.32. The minimum Gasteiger partial charge on any atom is -0.493 e. The van der Waals surface area contributed by atoms with Crippen LogP contribution in [0.2, 0.25) is 0 Å². The smallest absolute Gasteiger partial charge is 0.261 e. The van der Waals surface area contributed by atoms with Crippen LogP contribution < -0.4 is 20.3 Å². The van der Waals surface area contributed by atoms with Crippen LogP contribution in [0.15, 0.2) is 23.3 Å². The number of amides is 1. The number of aromatic nitrogens is 2. The number of piperidine rings is 2. The van der Waals surface area contributed by atoms with Gasteiger partial charge in [-0.25, -0.2) is 4.98 Å². The molecule has 30 heavy (non-hydrogen) atoms. The van der Waals surface area contributed by atoms with Gasteiger partial charge >= 0.3 is 0 Å². The van der Waals surface area contributed by atoms with E-state index in [0.29, 0.717) is 40.9 Å². The van der Waals surface area contributed by atoms with Crippen LogP contribution in [-0.4, -0.2) is 60.3 Å². The quantitative estimate of drug-likeness (QED) is 0.776. The number of nitrogens with zero attached hydrogens (tertiary/aromatic N) is 3. The zero-order chi connectivity index (χ0) is 21.1. The zero-order valence-corrected chi connectivity index (χ0v) is 17.7. The molecule has 0 saturated carbocycles. The van der Waals surface area contributed by atoms with Gasteiger partial charge in [-0.3, -0.25) is 14.2 Å². The van der Waals surface area contributed by atoms with Crippen LogP contribution in [0, 0.1) is 5.92 Å². The summed E-state index contributed by atoms with van der Waals surface area (Å²) < 4.78 is 11.9. The normalized spacial score (nSPS) is 21.8. The highest BCUT2D eigenvalue weighted by molar-refractivity contribution is 5.82. The first kappa shape index (κ1) is 20.7. The lowest BCUT2D eigenvalue weighted by molar-refractivity contribution is -0.122. The fourth-order valence-electron chi connectivity index (χ4n) is 4.87. The number of ether oxygens (including phenoxy) is 2. The largest absolute Gasteiger partial charge is 0.493 e. The van der Waals surface area contributed by atoms with Crippen molar-refractivity contribution < 1.29 is 14.3 Å². The Hall–Kier alpha value is -2.61. The van der Waals surface area contributed by atoms with E-state index in [9.17, 15) is 9.59 Å². The Balaban J connectivity index is 1.44. The summed E-state index contributed by atoms with van der Waals surface area (Å²) in [5, 5.41) is 3.45. The van der Waals surface area contributed by atoms with Gasteiger partial charge in [0.05, 0.1) is 31.4 Å². The molecule has 162 valence electrons. The summed E-state index contributed by atoms with van der Waals surface area (Å²) in [7, 11) is 3.05. The Morgan fingerprint density at radius 3 is 2.70 bits per heavy atom. The second-order valence-electron chi connectivity index (χ2n) is 8.21. The molecule has 1 aromatic carbocycles. The maximum absolute atomic E-state index is 12.9. The number of nitrogens with one attached hydrogen (secondary N) is 1. The molecule has 4 rings (SSSR count). The molecule has 2 atom stereocenters.